The van der Waals surface area contributed by atoms with Gasteiger partial charge in [0.2, 0.25) is 0 Å². The third-order valence-corrected chi connectivity index (χ3v) is 3.10. The summed E-state index contributed by atoms with van der Waals surface area (Å²) in [7, 11) is 0. The Morgan fingerprint density at radius 2 is 1.95 bits per heavy atom. The average Bonchev–Trinajstić information content (AvgIpc) is 2.43. The lowest BCUT2D eigenvalue weighted by Crippen LogP contribution is -1.91. The third kappa shape index (κ3) is 3.97. The number of para-hydroxylation sites is 1. The highest BCUT2D eigenvalue weighted by molar-refractivity contribution is 6.32. The highest BCUT2D eigenvalue weighted by Gasteiger charge is 2.09. The van der Waals surface area contributed by atoms with Crippen LogP contribution in [0.1, 0.15) is 5.56 Å². The fourth-order valence-electron chi connectivity index (χ4n) is 1.58. The number of carboxylic acid groups (broad SMARTS) is 1. The summed E-state index contributed by atoms with van der Waals surface area (Å²) in [5.74, 6) is -1.10. The van der Waals surface area contributed by atoms with Crippen molar-refractivity contribution in [2.45, 2.75) is 0 Å². The minimum absolute atomic E-state index is 0.0813. The molecule has 2 aromatic carbocycles. The minimum Gasteiger partial charge on any atom is -0.478 e. The first kappa shape index (κ1) is 15.4. The van der Waals surface area contributed by atoms with Gasteiger partial charge >= 0.3 is 5.97 Å². The van der Waals surface area contributed by atoms with E-state index in [9.17, 15) is 9.18 Å². The van der Waals surface area contributed by atoms with Crippen molar-refractivity contribution in [1.29, 1.82) is 0 Å². The zero-order valence-corrected chi connectivity index (χ0v) is 12.0. The van der Waals surface area contributed by atoms with E-state index in [1.54, 1.807) is 18.2 Å². The fourth-order valence-corrected chi connectivity index (χ4v) is 1.97. The molecule has 0 amide bonds. The molecule has 2 rings (SSSR count). The Morgan fingerprint density at radius 1 is 1.19 bits per heavy atom. The van der Waals surface area contributed by atoms with Gasteiger partial charge in [-0.3, -0.25) is 0 Å². The maximum atomic E-state index is 13.1. The molecule has 0 unspecified atom stereocenters. The zero-order chi connectivity index (χ0) is 15.4. The summed E-state index contributed by atoms with van der Waals surface area (Å²) in [5, 5.41) is 8.89. The van der Waals surface area contributed by atoms with Gasteiger partial charge in [-0.2, -0.15) is 0 Å². The summed E-state index contributed by atoms with van der Waals surface area (Å²) >= 11 is 11.7. The molecule has 0 spiro atoms. The molecule has 0 bridgehead atoms. The van der Waals surface area contributed by atoms with Crippen molar-refractivity contribution in [3.8, 4) is 11.5 Å². The van der Waals surface area contributed by atoms with Crippen molar-refractivity contribution >= 4 is 35.2 Å². The van der Waals surface area contributed by atoms with Crippen LogP contribution in [0.5, 0.6) is 11.5 Å². The first-order valence-corrected chi connectivity index (χ1v) is 6.55. The smallest absolute Gasteiger partial charge is 0.328 e. The Hall–Kier alpha value is -2.04. The molecule has 0 fully saturated rings. The molecule has 0 saturated carbocycles. The minimum atomic E-state index is -1.09. The molecule has 0 atom stereocenters. The summed E-state index contributed by atoms with van der Waals surface area (Å²) in [6, 6.07) is 8.78. The van der Waals surface area contributed by atoms with Crippen LogP contribution in [-0.4, -0.2) is 11.1 Å². The number of hydrogen-bond donors (Lipinski definition) is 1. The van der Waals surface area contributed by atoms with Crippen LogP contribution in [0.2, 0.25) is 10.0 Å². The topological polar surface area (TPSA) is 46.5 Å². The van der Waals surface area contributed by atoms with Crippen molar-refractivity contribution in [2.24, 2.45) is 0 Å². The Balaban J connectivity index is 2.38. The highest BCUT2D eigenvalue weighted by Crippen LogP contribution is 2.34. The second-order valence-corrected chi connectivity index (χ2v) is 4.82. The van der Waals surface area contributed by atoms with E-state index in [2.05, 4.69) is 0 Å². The van der Waals surface area contributed by atoms with Crippen LogP contribution in [0.3, 0.4) is 0 Å². The third-order valence-electron chi connectivity index (χ3n) is 2.51. The molecule has 0 aliphatic heterocycles. The average molecular weight is 327 g/mol. The van der Waals surface area contributed by atoms with Gasteiger partial charge in [0.15, 0.2) is 5.75 Å². The van der Waals surface area contributed by atoms with E-state index in [0.29, 0.717) is 16.3 Å². The van der Waals surface area contributed by atoms with Crippen LogP contribution in [0, 0.1) is 5.82 Å². The molecule has 0 aliphatic carbocycles. The van der Waals surface area contributed by atoms with Gasteiger partial charge in [-0.05, 0) is 24.3 Å². The molecular weight excluding hydrogens is 318 g/mol. The van der Waals surface area contributed by atoms with Gasteiger partial charge in [-0.1, -0.05) is 35.3 Å². The largest absolute Gasteiger partial charge is 0.478 e. The molecule has 6 heteroatoms. The molecule has 0 heterocycles. The Labute approximate surface area is 130 Å². The molecule has 0 aliphatic rings. The van der Waals surface area contributed by atoms with Gasteiger partial charge in [0.05, 0.1) is 10.0 Å². The molecule has 2 aromatic rings. The van der Waals surface area contributed by atoms with E-state index in [1.807, 2.05) is 0 Å². The number of carboxylic acids is 1. The molecule has 0 aromatic heterocycles. The van der Waals surface area contributed by atoms with Crippen LogP contribution in [0.15, 0.2) is 42.5 Å². The van der Waals surface area contributed by atoms with Crippen molar-refractivity contribution in [3.63, 3.8) is 0 Å². The van der Waals surface area contributed by atoms with Gasteiger partial charge in [0.25, 0.3) is 0 Å². The standard InChI is InChI=1S/C15H9Cl2FO3/c16-11-3-1-2-9(4-7-14(19)20)15(11)21-10-5-6-13(18)12(17)8-10/h1-8H,(H,19,20)/b7-4+. The van der Waals surface area contributed by atoms with Gasteiger partial charge in [0.1, 0.15) is 11.6 Å². The second-order valence-electron chi connectivity index (χ2n) is 4.01. The van der Waals surface area contributed by atoms with E-state index in [0.717, 1.165) is 6.08 Å². The number of rotatable bonds is 4. The molecule has 108 valence electrons. The maximum absolute atomic E-state index is 13.1. The van der Waals surface area contributed by atoms with Gasteiger partial charge < -0.3 is 9.84 Å². The molecule has 0 radical (unpaired) electrons. The first-order valence-electron chi connectivity index (χ1n) is 5.80. The van der Waals surface area contributed by atoms with E-state index < -0.39 is 11.8 Å². The number of carbonyl (C=O) groups is 1. The Kier molecular flexibility index (Phi) is 4.83. The van der Waals surface area contributed by atoms with Crippen molar-refractivity contribution in [3.05, 3.63) is 63.9 Å². The summed E-state index contributed by atoms with van der Waals surface area (Å²) in [6.45, 7) is 0. The van der Waals surface area contributed by atoms with Gasteiger partial charge in [-0.15, -0.1) is 0 Å². The van der Waals surface area contributed by atoms with Crippen molar-refractivity contribution < 1.29 is 19.0 Å². The van der Waals surface area contributed by atoms with Gasteiger partial charge in [-0.25, -0.2) is 9.18 Å². The van der Waals surface area contributed by atoms with Gasteiger partial charge in [0, 0.05) is 17.7 Å². The maximum Gasteiger partial charge on any atom is 0.328 e. The monoisotopic (exact) mass is 326 g/mol. The van der Waals surface area contributed by atoms with E-state index in [-0.39, 0.29) is 10.8 Å². The van der Waals surface area contributed by atoms with Crippen LogP contribution >= 0.6 is 23.2 Å². The number of halogens is 3. The zero-order valence-electron chi connectivity index (χ0n) is 10.5. The summed E-state index contributed by atoms with van der Waals surface area (Å²) in [5.41, 5.74) is 0.477. The highest BCUT2D eigenvalue weighted by atomic mass is 35.5. The summed E-state index contributed by atoms with van der Waals surface area (Å²) < 4.78 is 18.7. The summed E-state index contributed by atoms with van der Waals surface area (Å²) in [6.07, 6.45) is 2.32. The molecule has 0 saturated heterocycles. The molecule has 3 nitrogen and oxygen atoms in total. The van der Waals surface area contributed by atoms with E-state index in [1.165, 1.54) is 24.3 Å². The first-order chi connectivity index (χ1) is 9.97. The number of hydrogen-bond acceptors (Lipinski definition) is 2. The van der Waals surface area contributed by atoms with Crippen LogP contribution in [-0.2, 0) is 4.79 Å². The van der Waals surface area contributed by atoms with Crippen LogP contribution < -0.4 is 4.74 Å². The molecule has 1 N–H and O–H groups in total. The quantitative estimate of drug-likeness (QED) is 0.802. The SMILES string of the molecule is O=C(O)/C=C/c1cccc(Cl)c1Oc1ccc(F)c(Cl)c1. The van der Waals surface area contributed by atoms with Crippen molar-refractivity contribution in [1.82, 2.24) is 0 Å². The van der Waals surface area contributed by atoms with E-state index in [4.69, 9.17) is 33.0 Å². The normalized spacial score (nSPS) is 10.8. The fraction of sp³-hybridized carbons (Fsp3) is 0. The Morgan fingerprint density at radius 3 is 2.62 bits per heavy atom. The van der Waals surface area contributed by atoms with E-state index >= 15 is 0 Å². The Bertz CT molecular complexity index is 714. The molecular formula is C15H9Cl2FO3. The lowest BCUT2D eigenvalue weighted by molar-refractivity contribution is -0.131. The number of benzene rings is 2. The predicted molar refractivity (Wildman–Crippen MR) is 79.6 cm³/mol. The van der Waals surface area contributed by atoms with Crippen molar-refractivity contribution in [2.75, 3.05) is 0 Å². The summed E-state index contributed by atoms with van der Waals surface area (Å²) in [4.78, 5) is 10.6. The predicted octanol–water partition coefficient (Wildman–Crippen LogP) is 5.02. The second kappa shape index (κ2) is 6.61. The number of aliphatic carboxylic acids is 1. The van der Waals surface area contributed by atoms with Crippen LogP contribution in [0.25, 0.3) is 6.08 Å². The number of ether oxygens (including phenoxy) is 1. The lowest BCUT2D eigenvalue weighted by atomic mass is 10.2. The van der Waals surface area contributed by atoms with Crippen LogP contribution in [0.4, 0.5) is 4.39 Å². The molecule has 21 heavy (non-hydrogen) atoms. The lowest BCUT2D eigenvalue weighted by Gasteiger charge is -2.11.